The van der Waals surface area contributed by atoms with Crippen molar-refractivity contribution < 1.29 is 5.11 Å². The van der Waals surface area contributed by atoms with Crippen LogP contribution in [0.25, 0.3) is 0 Å². The van der Waals surface area contributed by atoms with Gasteiger partial charge in [-0.1, -0.05) is 25.5 Å². The molecule has 13 heavy (non-hydrogen) atoms. The summed E-state index contributed by atoms with van der Waals surface area (Å²) in [6.45, 7) is 6.44. The number of hydrogen-bond acceptors (Lipinski definition) is 1. The van der Waals surface area contributed by atoms with Crippen LogP contribution in [0.4, 0.5) is 0 Å². The van der Waals surface area contributed by atoms with Crippen molar-refractivity contribution in [3.63, 3.8) is 0 Å². The van der Waals surface area contributed by atoms with Crippen LogP contribution in [0.15, 0.2) is 11.6 Å². The van der Waals surface area contributed by atoms with E-state index in [2.05, 4.69) is 13.8 Å². The Morgan fingerprint density at radius 3 is 2.62 bits per heavy atom. The van der Waals surface area contributed by atoms with Gasteiger partial charge in [0.1, 0.15) is 0 Å². The topological polar surface area (TPSA) is 20.2 Å². The van der Waals surface area contributed by atoms with E-state index >= 15 is 0 Å². The van der Waals surface area contributed by atoms with E-state index in [9.17, 15) is 5.11 Å². The summed E-state index contributed by atoms with van der Waals surface area (Å²) in [7, 11) is 0. The molecule has 1 heteroatoms. The van der Waals surface area contributed by atoms with Crippen molar-refractivity contribution in [2.75, 3.05) is 0 Å². The van der Waals surface area contributed by atoms with Gasteiger partial charge in [-0.2, -0.15) is 0 Å². The molecule has 0 heterocycles. The van der Waals surface area contributed by atoms with Crippen molar-refractivity contribution in [3.8, 4) is 0 Å². The fraction of sp³-hybridized carbons (Fsp3) is 0.833. The number of aliphatic hydroxyl groups is 1. The van der Waals surface area contributed by atoms with E-state index in [4.69, 9.17) is 0 Å². The van der Waals surface area contributed by atoms with E-state index in [0.29, 0.717) is 0 Å². The molecule has 0 bridgehead atoms. The van der Waals surface area contributed by atoms with Gasteiger partial charge < -0.3 is 5.11 Å². The first-order valence-corrected chi connectivity index (χ1v) is 5.47. The summed E-state index contributed by atoms with van der Waals surface area (Å²) in [6.07, 6.45) is 6.86. The molecule has 1 rings (SSSR count). The Morgan fingerprint density at radius 2 is 2.08 bits per heavy atom. The molecule has 1 aliphatic rings. The molecule has 1 N–H and O–H groups in total. The van der Waals surface area contributed by atoms with Gasteiger partial charge in [-0.25, -0.2) is 0 Å². The van der Waals surface area contributed by atoms with Crippen LogP contribution in [0, 0.1) is 11.8 Å². The highest BCUT2D eigenvalue weighted by Gasteiger charge is 2.19. The van der Waals surface area contributed by atoms with Crippen LogP contribution in [0.1, 0.15) is 46.5 Å². The first-order chi connectivity index (χ1) is 6.09. The fourth-order valence-corrected chi connectivity index (χ4v) is 2.19. The number of rotatable bonds is 2. The Morgan fingerprint density at radius 1 is 1.38 bits per heavy atom. The van der Waals surface area contributed by atoms with Crippen LogP contribution in [-0.4, -0.2) is 11.2 Å². The van der Waals surface area contributed by atoms with Crippen molar-refractivity contribution in [2.24, 2.45) is 11.8 Å². The predicted molar refractivity (Wildman–Crippen MR) is 56.6 cm³/mol. The quantitative estimate of drug-likeness (QED) is 0.650. The minimum Gasteiger partial charge on any atom is -0.389 e. The molecule has 0 aliphatic heterocycles. The predicted octanol–water partition coefficient (Wildman–Crippen LogP) is 3.14. The molecule has 2 atom stereocenters. The second kappa shape index (κ2) is 4.80. The molecule has 1 fully saturated rings. The molecule has 1 aliphatic carbocycles. The van der Waals surface area contributed by atoms with Crippen LogP contribution in [0.3, 0.4) is 0 Å². The maximum Gasteiger partial charge on any atom is 0.0695 e. The van der Waals surface area contributed by atoms with E-state index in [-0.39, 0.29) is 6.10 Å². The van der Waals surface area contributed by atoms with Crippen molar-refractivity contribution in [1.82, 2.24) is 0 Å². The highest BCUT2D eigenvalue weighted by atomic mass is 16.3. The first-order valence-electron chi connectivity index (χ1n) is 5.47. The highest BCUT2D eigenvalue weighted by Crippen LogP contribution is 2.33. The zero-order valence-corrected chi connectivity index (χ0v) is 9.09. The molecule has 0 aromatic rings. The Kier molecular flexibility index (Phi) is 3.98. The van der Waals surface area contributed by atoms with E-state index in [1.165, 1.54) is 31.3 Å². The summed E-state index contributed by atoms with van der Waals surface area (Å²) in [5.74, 6) is 1.64. The smallest absolute Gasteiger partial charge is 0.0695 e. The van der Waals surface area contributed by atoms with Gasteiger partial charge in [0.15, 0.2) is 0 Å². The van der Waals surface area contributed by atoms with Crippen LogP contribution >= 0.6 is 0 Å². The summed E-state index contributed by atoms with van der Waals surface area (Å²) in [6, 6.07) is 0. The summed E-state index contributed by atoms with van der Waals surface area (Å²) in [4.78, 5) is 0. The minimum absolute atomic E-state index is 0.263. The Balaban J connectivity index is 2.51. The molecule has 0 aromatic heterocycles. The monoisotopic (exact) mass is 182 g/mol. The van der Waals surface area contributed by atoms with E-state index in [0.717, 1.165) is 11.8 Å². The summed E-state index contributed by atoms with van der Waals surface area (Å²) >= 11 is 0. The number of hydrogen-bond donors (Lipinski definition) is 1. The van der Waals surface area contributed by atoms with Gasteiger partial charge in [0.25, 0.3) is 0 Å². The molecule has 2 unspecified atom stereocenters. The van der Waals surface area contributed by atoms with Gasteiger partial charge in [-0.15, -0.1) is 0 Å². The van der Waals surface area contributed by atoms with Crippen molar-refractivity contribution >= 4 is 0 Å². The molecule has 0 amide bonds. The number of allylic oxidation sites excluding steroid dienone is 1. The summed E-state index contributed by atoms with van der Waals surface area (Å²) in [5, 5.41) is 9.25. The van der Waals surface area contributed by atoms with Crippen molar-refractivity contribution in [1.29, 1.82) is 0 Å². The molecular weight excluding hydrogens is 160 g/mol. The zero-order chi connectivity index (χ0) is 9.84. The third kappa shape index (κ3) is 3.51. The SMILES string of the molecule is CC(O)C=C1CCCC(C(C)C)C1. The van der Waals surface area contributed by atoms with Gasteiger partial charge in [-0.3, -0.25) is 0 Å². The lowest BCUT2D eigenvalue weighted by atomic mass is 9.79. The normalized spacial score (nSPS) is 29.6. The molecule has 1 nitrogen and oxygen atoms in total. The van der Waals surface area contributed by atoms with Crippen LogP contribution < -0.4 is 0 Å². The van der Waals surface area contributed by atoms with Crippen LogP contribution in [-0.2, 0) is 0 Å². The van der Waals surface area contributed by atoms with Crippen LogP contribution in [0.2, 0.25) is 0 Å². The van der Waals surface area contributed by atoms with Crippen molar-refractivity contribution in [2.45, 2.75) is 52.6 Å². The average molecular weight is 182 g/mol. The van der Waals surface area contributed by atoms with E-state index < -0.39 is 0 Å². The first kappa shape index (κ1) is 10.8. The van der Waals surface area contributed by atoms with Gasteiger partial charge in [0, 0.05) is 0 Å². The highest BCUT2D eigenvalue weighted by molar-refractivity contribution is 5.08. The minimum atomic E-state index is -0.263. The molecule has 0 saturated heterocycles. The lowest BCUT2D eigenvalue weighted by Crippen LogP contribution is -2.15. The maximum atomic E-state index is 9.25. The van der Waals surface area contributed by atoms with Gasteiger partial charge in [0.05, 0.1) is 6.10 Å². The fourth-order valence-electron chi connectivity index (χ4n) is 2.19. The second-order valence-corrected chi connectivity index (χ2v) is 4.67. The second-order valence-electron chi connectivity index (χ2n) is 4.67. The maximum absolute atomic E-state index is 9.25. The molecule has 76 valence electrons. The molecule has 0 radical (unpaired) electrons. The third-order valence-electron chi connectivity index (χ3n) is 3.02. The van der Waals surface area contributed by atoms with E-state index in [1.807, 2.05) is 13.0 Å². The van der Waals surface area contributed by atoms with Crippen molar-refractivity contribution in [3.05, 3.63) is 11.6 Å². The van der Waals surface area contributed by atoms with Gasteiger partial charge >= 0.3 is 0 Å². The zero-order valence-electron chi connectivity index (χ0n) is 9.09. The van der Waals surface area contributed by atoms with Crippen LogP contribution in [0.5, 0.6) is 0 Å². The lowest BCUT2D eigenvalue weighted by Gasteiger charge is -2.27. The molecule has 1 saturated carbocycles. The molecular formula is C12H22O. The number of aliphatic hydroxyl groups excluding tert-OH is 1. The van der Waals surface area contributed by atoms with E-state index in [1.54, 1.807) is 0 Å². The standard InChI is InChI=1S/C12H22O/c1-9(2)12-6-4-5-11(8-12)7-10(3)13/h7,9-10,12-13H,4-6,8H2,1-3H3. The molecule has 0 aromatic carbocycles. The third-order valence-corrected chi connectivity index (χ3v) is 3.02. The average Bonchev–Trinajstić information content (AvgIpc) is 2.03. The lowest BCUT2D eigenvalue weighted by molar-refractivity contribution is 0.239. The van der Waals surface area contributed by atoms with Gasteiger partial charge in [-0.05, 0) is 44.4 Å². The Bertz CT molecular complexity index is 180. The summed E-state index contributed by atoms with van der Waals surface area (Å²) < 4.78 is 0. The summed E-state index contributed by atoms with van der Waals surface area (Å²) in [5.41, 5.74) is 1.47. The largest absolute Gasteiger partial charge is 0.389 e. The Hall–Kier alpha value is -0.300. The molecule has 0 spiro atoms. The Labute approximate surface area is 81.9 Å². The van der Waals surface area contributed by atoms with Gasteiger partial charge in [0.2, 0.25) is 0 Å².